The highest BCUT2D eigenvalue weighted by atomic mass is 16.5. The molecule has 5 nitrogen and oxygen atoms in total. The van der Waals surface area contributed by atoms with Gasteiger partial charge in [0.25, 0.3) is 0 Å². The Kier molecular flexibility index (Phi) is 8.01. The number of rotatable bonds is 6. The number of allylic oxidation sites excluding steroid dienone is 2. The first-order chi connectivity index (χ1) is 20.6. The Morgan fingerprint density at radius 1 is 0.953 bits per heavy atom. The van der Waals surface area contributed by atoms with Crippen LogP contribution in [0, 0.1) is 37.5 Å². The van der Waals surface area contributed by atoms with Gasteiger partial charge >= 0.3 is 7.12 Å². The Morgan fingerprint density at radius 3 is 2.23 bits per heavy atom. The first-order valence-electron chi connectivity index (χ1n) is 15.4. The van der Waals surface area contributed by atoms with Gasteiger partial charge in [-0.15, -0.1) is 0 Å². The quantitative estimate of drug-likeness (QED) is 0.181. The molecule has 3 aromatic rings. The molecular weight excluding hydrogens is 535 g/mol. The van der Waals surface area contributed by atoms with Gasteiger partial charge in [-0.2, -0.15) is 0 Å². The van der Waals surface area contributed by atoms with E-state index in [9.17, 15) is 19.7 Å². The van der Waals surface area contributed by atoms with Gasteiger partial charge in [-0.1, -0.05) is 80.1 Å². The molecule has 2 aliphatic carbocycles. The van der Waals surface area contributed by atoms with E-state index >= 15 is 0 Å². The topological polar surface area (TPSA) is 83.8 Å². The van der Waals surface area contributed by atoms with Gasteiger partial charge in [-0.25, -0.2) is 0 Å². The van der Waals surface area contributed by atoms with Gasteiger partial charge < -0.3 is 14.8 Å². The van der Waals surface area contributed by atoms with E-state index in [1.54, 1.807) is 12.1 Å². The van der Waals surface area contributed by atoms with Crippen LogP contribution >= 0.6 is 0 Å². The van der Waals surface area contributed by atoms with E-state index in [1.807, 2.05) is 56.3 Å². The number of aromatic hydroxyl groups is 1. The molecule has 4 atom stereocenters. The molecule has 1 saturated heterocycles. The summed E-state index contributed by atoms with van der Waals surface area (Å²) in [4.78, 5) is 27.7. The lowest BCUT2D eigenvalue weighted by Gasteiger charge is -2.48. The van der Waals surface area contributed by atoms with Crippen LogP contribution in [0.3, 0.4) is 0 Å². The second kappa shape index (κ2) is 11.7. The van der Waals surface area contributed by atoms with E-state index in [1.165, 1.54) is 5.57 Å². The number of hydrogen-bond donors (Lipinski definition) is 2. The monoisotopic (exact) mass is 574 g/mol. The van der Waals surface area contributed by atoms with Crippen LogP contribution in [-0.2, 0) is 4.65 Å². The second-order valence-electron chi connectivity index (χ2n) is 12.7. The maximum atomic E-state index is 14.0. The van der Waals surface area contributed by atoms with Crippen molar-refractivity contribution in [1.29, 1.82) is 0 Å². The third kappa shape index (κ3) is 5.43. The van der Waals surface area contributed by atoms with Gasteiger partial charge in [-0.05, 0) is 96.8 Å². The number of aryl methyl sites for hydroxylation is 2. The van der Waals surface area contributed by atoms with Gasteiger partial charge in [0.2, 0.25) is 0 Å². The lowest BCUT2D eigenvalue weighted by molar-refractivity contribution is 0.0594. The van der Waals surface area contributed by atoms with Crippen molar-refractivity contribution in [3.63, 3.8) is 0 Å². The largest absolute Gasteiger partial charge is 0.507 e. The maximum Gasteiger partial charge on any atom is 0.455 e. The summed E-state index contributed by atoms with van der Waals surface area (Å²) < 4.78 is 6.28. The van der Waals surface area contributed by atoms with Crippen molar-refractivity contribution in [2.24, 2.45) is 23.7 Å². The molecule has 43 heavy (non-hydrogen) atoms. The lowest BCUT2D eigenvalue weighted by atomic mass is 9.53. The number of benzene rings is 3. The van der Waals surface area contributed by atoms with E-state index < -0.39 is 19.0 Å². The summed E-state index contributed by atoms with van der Waals surface area (Å²) in [5, 5.41) is 21.3. The number of phenolic OH excluding ortho intramolecular Hbond substituents is 1. The number of fused-ring (bicyclic) bond motifs is 4. The van der Waals surface area contributed by atoms with Crippen molar-refractivity contribution in [1.82, 2.24) is 0 Å². The zero-order valence-corrected chi connectivity index (χ0v) is 25.3. The molecule has 3 aliphatic rings. The number of carbonyl (C=O) groups is 2. The molecule has 6 heteroatoms. The van der Waals surface area contributed by atoms with E-state index in [0.717, 1.165) is 33.4 Å². The predicted octanol–water partition coefficient (Wildman–Crippen LogP) is 7.49. The molecule has 0 aromatic heterocycles. The molecule has 2 N–H and O–H groups in total. The van der Waals surface area contributed by atoms with Gasteiger partial charge in [0.15, 0.2) is 11.6 Å². The molecule has 6 rings (SSSR count). The summed E-state index contributed by atoms with van der Waals surface area (Å²) in [6.07, 6.45) is 3.99. The van der Waals surface area contributed by atoms with E-state index in [2.05, 4.69) is 32.1 Å². The molecule has 0 unspecified atom stereocenters. The Bertz CT molecular complexity index is 1610. The number of ketones is 2. The van der Waals surface area contributed by atoms with Gasteiger partial charge in [0.05, 0.1) is 6.10 Å². The third-order valence-corrected chi connectivity index (χ3v) is 9.67. The minimum Gasteiger partial charge on any atom is -0.507 e. The Balaban J connectivity index is 1.37. The first-order valence-corrected chi connectivity index (χ1v) is 15.4. The van der Waals surface area contributed by atoms with Crippen LogP contribution in [0.2, 0.25) is 6.32 Å². The fourth-order valence-corrected chi connectivity index (χ4v) is 7.67. The molecule has 220 valence electrons. The molecule has 1 fully saturated rings. The highest BCUT2D eigenvalue weighted by Gasteiger charge is 2.53. The Morgan fingerprint density at radius 2 is 1.58 bits per heavy atom. The zero-order chi connectivity index (χ0) is 30.4. The van der Waals surface area contributed by atoms with E-state index in [-0.39, 0.29) is 29.5 Å². The summed E-state index contributed by atoms with van der Waals surface area (Å²) in [5.74, 6) is -0.553. The molecule has 1 aliphatic heterocycles. The lowest BCUT2D eigenvalue weighted by Crippen LogP contribution is -2.51. The number of carbonyl (C=O) groups excluding carboxylic acids is 2. The minimum atomic E-state index is -1.00. The van der Waals surface area contributed by atoms with Gasteiger partial charge in [0.1, 0.15) is 5.75 Å². The molecule has 0 spiro atoms. The average Bonchev–Trinajstić information content (AvgIpc) is 3.00. The molecular formula is C37H39BO5. The van der Waals surface area contributed by atoms with Crippen LogP contribution in [0.5, 0.6) is 5.75 Å². The summed E-state index contributed by atoms with van der Waals surface area (Å²) >= 11 is 0. The van der Waals surface area contributed by atoms with Gasteiger partial charge in [0, 0.05) is 23.0 Å². The SMILES string of the molecule is Cc1cc(/C=C(/CC[C@H]2OB(O)C[C@H]3C2=C(C(C)C)C[C@H]2C(=O)c4ccccc4C(=O)[C@H]23)c2ccccc2)cc(C)c1O. The summed E-state index contributed by atoms with van der Waals surface area (Å²) in [6, 6.07) is 21.4. The maximum absolute atomic E-state index is 14.0. The molecule has 0 radical (unpaired) electrons. The third-order valence-electron chi connectivity index (χ3n) is 9.67. The van der Waals surface area contributed by atoms with Crippen LogP contribution in [0.4, 0.5) is 0 Å². The fourth-order valence-electron chi connectivity index (χ4n) is 7.67. The molecule has 0 amide bonds. The second-order valence-corrected chi connectivity index (χ2v) is 12.7. The van der Waals surface area contributed by atoms with E-state index in [0.29, 0.717) is 42.5 Å². The summed E-state index contributed by atoms with van der Waals surface area (Å²) in [5.41, 5.74) is 8.25. The van der Waals surface area contributed by atoms with Crippen molar-refractivity contribution in [3.05, 3.63) is 111 Å². The Hall–Kier alpha value is -3.74. The number of Topliss-reactive ketones (excluding diaryl/α,β-unsaturated/α-hetero) is 2. The Labute approximate surface area is 254 Å². The van der Waals surface area contributed by atoms with E-state index in [4.69, 9.17) is 4.65 Å². The van der Waals surface area contributed by atoms with Gasteiger partial charge in [-0.3, -0.25) is 9.59 Å². The smallest absolute Gasteiger partial charge is 0.455 e. The van der Waals surface area contributed by atoms with Crippen molar-refractivity contribution < 1.29 is 24.4 Å². The summed E-state index contributed by atoms with van der Waals surface area (Å²) in [6.45, 7) is 8.11. The van der Waals surface area contributed by atoms with Crippen molar-refractivity contribution in [2.75, 3.05) is 0 Å². The van der Waals surface area contributed by atoms with Crippen molar-refractivity contribution >= 4 is 30.3 Å². The number of hydrogen-bond acceptors (Lipinski definition) is 5. The van der Waals surface area contributed by atoms with Crippen LogP contribution in [0.25, 0.3) is 11.6 Å². The number of phenols is 1. The predicted molar refractivity (Wildman–Crippen MR) is 171 cm³/mol. The normalized spacial score (nSPS) is 23.8. The highest BCUT2D eigenvalue weighted by Crippen LogP contribution is 2.52. The zero-order valence-electron chi connectivity index (χ0n) is 25.3. The van der Waals surface area contributed by atoms with Crippen LogP contribution in [-0.4, -0.2) is 34.9 Å². The average molecular weight is 575 g/mol. The van der Waals surface area contributed by atoms with Crippen LogP contribution in [0.15, 0.2) is 77.9 Å². The molecule has 0 saturated carbocycles. The van der Waals surface area contributed by atoms with Crippen LogP contribution in [0.1, 0.15) is 76.1 Å². The molecule has 0 bridgehead atoms. The standard InChI is InChI=1S/C37H39BO5/c1-21(2)29-19-30-34(37(41)28-13-9-8-12-27(28)36(30)40)31-20-38(42)43-32(33(29)31)15-14-26(25-10-6-5-7-11-25)18-24-16-22(3)35(39)23(4)17-24/h5-13,16-18,21,30-32,34,39,42H,14-15,19-20H2,1-4H3/b26-18-/t30-,31+,32-,34-/m1/s1. The van der Waals surface area contributed by atoms with Crippen LogP contribution < -0.4 is 0 Å². The minimum absolute atomic E-state index is 0.0151. The fraction of sp³-hybridized carbons (Fsp3) is 0.351. The summed E-state index contributed by atoms with van der Waals surface area (Å²) in [7, 11) is -1.00. The highest BCUT2D eigenvalue weighted by molar-refractivity contribution is 6.43. The van der Waals surface area contributed by atoms with Crippen molar-refractivity contribution in [2.45, 2.75) is 59.4 Å². The van der Waals surface area contributed by atoms with Crippen molar-refractivity contribution in [3.8, 4) is 5.75 Å². The molecule has 1 heterocycles. The molecule has 3 aromatic carbocycles. The first kappa shape index (κ1) is 29.3.